The van der Waals surface area contributed by atoms with Crippen molar-refractivity contribution in [2.75, 3.05) is 18.5 Å². The number of nitrogens with two attached hydrogens (primary N) is 1. The summed E-state index contributed by atoms with van der Waals surface area (Å²) in [5, 5.41) is 12.1. The Hall–Kier alpha value is -3.70. The van der Waals surface area contributed by atoms with Gasteiger partial charge in [-0.1, -0.05) is 19.1 Å². The summed E-state index contributed by atoms with van der Waals surface area (Å²) < 4.78 is 11.3. The Kier molecular flexibility index (Phi) is 9.39. The number of nitrogens with zero attached hydrogens (tertiary/aromatic N) is 2. The van der Waals surface area contributed by atoms with Crippen molar-refractivity contribution in [3.8, 4) is 22.9 Å². The number of benzene rings is 1. The Morgan fingerprint density at radius 3 is 2.56 bits per heavy atom. The second-order valence-corrected chi connectivity index (χ2v) is 7.29. The number of hydrogen-bond donors (Lipinski definition) is 2. The molecule has 1 aromatic carbocycles. The first-order valence-corrected chi connectivity index (χ1v) is 10.3. The van der Waals surface area contributed by atoms with Gasteiger partial charge in [-0.25, -0.2) is 4.98 Å². The lowest BCUT2D eigenvalue weighted by atomic mass is 10.0. The zero-order chi connectivity index (χ0) is 23.5. The fourth-order valence-corrected chi connectivity index (χ4v) is 2.85. The number of carbonyl (C=O) groups excluding carboxylic acids is 2. The number of aromatic nitrogens is 1. The molecule has 8 nitrogen and oxygen atoms in total. The minimum Gasteiger partial charge on any atom is -0.489 e. The highest BCUT2D eigenvalue weighted by atomic mass is 16.5. The maximum absolute atomic E-state index is 11.2. The predicted molar refractivity (Wildman–Crippen MR) is 122 cm³/mol. The molecule has 1 fully saturated rings. The van der Waals surface area contributed by atoms with Crippen LogP contribution in [0.3, 0.4) is 0 Å². The van der Waals surface area contributed by atoms with Gasteiger partial charge in [0.25, 0.3) is 0 Å². The normalized spacial score (nSPS) is 14.2. The minimum atomic E-state index is -0.324. The number of hydrogen-bond acceptors (Lipinski definition) is 6. The molecule has 3 rings (SSSR count). The molecule has 0 saturated carbocycles. The topological polar surface area (TPSA) is 127 Å². The number of anilines is 1. The van der Waals surface area contributed by atoms with E-state index in [2.05, 4.69) is 22.9 Å². The van der Waals surface area contributed by atoms with Gasteiger partial charge < -0.3 is 20.5 Å². The predicted octanol–water partition coefficient (Wildman–Crippen LogP) is 3.43. The maximum atomic E-state index is 11.2. The standard InChI is InChI=1S/C19H19N3O3.C5H9NO/c1-13(23)22-19-11-15(4-7-21-19)14-2-3-18(16(10-14)12-20)25-17-5-8-24-9-6-17;1-3-4(2)5(6)7/h2-4,7,10-11,17H,5-6,8-9H2,1H3,(H,21,22,23);3-4H,1H2,2H3,(H2,6,7). The van der Waals surface area contributed by atoms with E-state index in [1.165, 1.54) is 13.0 Å². The van der Waals surface area contributed by atoms with E-state index in [0.29, 0.717) is 30.3 Å². The molecule has 2 amide bonds. The minimum absolute atomic E-state index is 0.0824. The van der Waals surface area contributed by atoms with Crippen molar-refractivity contribution in [2.45, 2.75) is 32.8 Å². The number of carbonyl (C=O) groups is 2. The summed E-state index contributed by atoms with van der Waals surface area (Å²) in [4.78, 5) is 25.4. The van der Waals surface area contributed by atoms with E-state index in [-0.39, 0.29) is 23.8 Å². The second kappa shape index (κ2) is 12.2. The van der Waals surface area contributed by atoms with Crippen LogP contribution in [-0.2, 0) is 14.3 Å². The van der Waals surface area contributed by atoms with Crippen LogP contribution in [0.15, 0.2) is 49.2 Å². The molecule has 2 heterocycles. The van der Waals surface area contributed by atoms with E-state index >= 15 is 0 Å². The number of nitrogens with one attached hydrogen (secondary N) is 1. The van der Waals surface area contributed by atoms with Crippen molar-refractivity contribution in [1.29, 1.82) is 5.26 Å². The van der Waals surface area contributed by atoms with Crippen molar-refractivity contribution in [2.24, 2.45) is 11.7 Å². The van der Waals surface area contributed by atoms with Crippen LogP contribution in [0.25, 0.3) is 11.1 Å². The van der Waals surface area contributed by atoms with Crippen LogP contribution < -0.4 is 15.8 Å². The van der Waals surface area contributed by atoms with Crippen LogP contribution in [0.4, 0.5) is 5.82 Å². The lowest BCUT2D eigenvalue weighted by Gasteiger charge is -2.23. The van der Waals surface area contributed by atoms with E-state index < -0.39 is 0 Å². The van der Waals surface area contributed by atoms with Gasteiger partial charge in [0.05, 0.1) is 24.7 Å². The number of pyridine rings is 1. The molecule has 0 aliphatic carbocycles. The molecule has 0 bridgehead atoms. The molecule has 0 radical (unpaired) electrons. The summed E-state index contributed by atoms with van der Waals surface area (Å²) in [6.45, 7) is 7.90. The van der Waals surface area contributed by atoms with Crippen LogP contribution in [0, 0.1) is 17.2 Å². The molecule has 1 atom stereocenters. The van der Waals surface area contributed by atoms with Gasteiger partial charge >= 0.3 is 0 Å². The zero-order valence-electron chi connectivity index (χ0n) is 18.3. The Morgan fingerprint density at radius 2 is 2.00 bits per heavy atom. The average molecular weight is 437 g/mol. The SMILES string of the molecule is C=CC(C)C(N)=O.CC(=O)Nc1cc(-c2ccc(OC3CCOCC3)c(C#N)c2)ccn1. The third-order valence-electron chi connectivity index (χ3n) is 4.76. The number of primary amides is 1. The molecule has 168 valence electrons. The molecule has 32 heavy (non-hydrogen) atoms. The molecule has 1 aromatic heterocycles. The van der Waals surface area contributed by atoms with Crippen molar-refractivity contribution in [3.63, 3.8) is 0 Å². The van der Waals surface area contributed by atoms with Crippen LogP contribution in [0.1, 0.15) is 32.3 Å². The summed E-state index contributed by atoms with van der Waals surface area (Å²) in [5.41, 5.74) is 7.06. The third-order valence-corrected chi connectivity index (χ3v) is 4.76. The van der Waals surface area contributed by atoms with E-state index in [1.807, 2.05) is 18.2 Å². The van der Waals surface area contributed by atoms with Crippen molar-refractivity contribution in [3.05, 3.63) is 54.7 Å². The molecule has 1 aliphatic rings. The van der Waals surface area contributed by atoms with Gasteiger partial charge in [0.1, 0.15) is 23.7 Å². The lowest BCUT2D eigenvalue weighted by molar-refractivity contribution is -0.120. The first kappa shape index (κ1) is 24.6. The van der Waals surface area contributed by atoms with E-state index in [0.717, 1.165) is 24.0 Å². The van der Waals surface area contributed by atoms with Gasteiger partial charge in [-0.3, -0.25) is 9.59 Å². The Morgan fingerprint density at radius 1 is 1.31 bits per heavy atom. The molecular weight excluding hydrogens is 408 g/mol. The molecule has 3 N–H and O–H groups in total. The molecule has 0 spiro atoms. The number of rotatable bonds is 6. The zero-order valence-corrected chi connectivity index (χ0v) is 18.3. The lowest BCUT2D eigenvalue weighted by Crippen LogP contribution is -2.26. The summed E-state index contributed by atoms with van der Waals surface area (Å²) in [6.07, 6.45) is 4.88. The average Bonchev–Trinajstić information content (AvgIpc) is 2.79. The van der Waals surface area contributed by atoms with E-state index in [4.69, 9.17) is 15.2 Å². The Bertz CT molecular complexity index is 994. The summed E-state index contributed by atoms with van der Waals surface area (Å²) >= 11 is 0. The molecule has 1 aliphatic heterocycles. The molecular formula is C24H28N4O4. The number of ether oxygens (including phenoxy) is 2. The molecule has 1 unspecified atom stereocenters. The van der Waals surface area contributed by atoms with Gasteiger partial charge in [0.2, 0.25) is 11.8 Å². The van der Waals surface area contributed by atoms with E-state index in [9.17, 15) is 14.9 Å². The summed E-state index contributed by atoms with van der Waals surface area (Å²) in [7, 11) is 0. The number of nitriles is 1. The molecule has 8 heteroatoms. The smallest absolute Gasteiger partial charge is 0.224 e. The van der Waals surface area contributed by atoms with Crippen molar-refractivity contribution >= 4 is 17.6 Å². The highest BCUT2D eigenvalue weighted by Crippen LogP contribution is 2.29. The Balaban J connectivity index is 0.000000451. The van der Waals surface area contributed by atoms with Gasteiger partial charge in [-0.15, -0.1) is 6.58 Å². The number of amides is 2. The van der Waals surface area contributed by atoms with Crippen molar-refractivity contribution in [1.82, 2.24) is 4.98 Å². The fourth-order valence-electron chi connectivity index (χ4n) is 2.85. The van der Waals surface area contributed by atoms with Crippen LogP contribution in [0.2, 0.25) is 0 Å². The van der Waals surface area contributed by atoms with E-state index in [1.54, 1.807) is 25.3 Å². The van der Waals surface area contributed by atoms with Gasteiger partial charge in [-0.2, -0.15) is 5.26 Å². The fraction of sp³-hybridized carbons (Fsp3) is 0.333. The molecule has 2 aromatic rings. The quantitative estimate of drug-likeness (QED) is 0.668. The summed E-state index contributed by atoms with van der Waals surface area (Å²) in [5.74, 6) is 0.373. The highest BCUT2D eigenvalue weighted by Gasteiger charge is 2.17. The maximum Gasteiger partial charge on any atom is 0.224 e. The molecule has 1 saturated heterocycles. The van der Waals surface area contributed by atoms with Crippen LogP contribution in [0.5, 0.6) is 5.75 Å². The Labute approximate surface area is 188 Å². The largest absolute Gasteiger partial charge is 0.489 e. The third kappa shape index (κ3) is 7.52. The second-order valence-electron chi connectivity index (χ2n) is 7.29. The first-order valence-electron chi connectivity index (χ1n) is 10.3. The van der Waals surface area contributed by atoms with Gasteiger partial charge in [0, 0.05) is 26.0 Å². The monoisotopic (exact) mass is 436 g/mol. The van der Waals surface area contributed by atoms with Gasteiger partial charge in [0.15, 0.2) is 0 Å². The van der Waals surface area contributed by atoms with Gasteiger partial charge in [-0.05, 0) is 35.4 Å². The van der Waals surface area contributed by atoms with Crippen LogP contribution >= 0.6 is 0 Å². The highest BCUT2D eigenvalue weighted by molar-refractivity contribution is 5.88. The van der Waals surface area contributed by atoms with Crippen molar-refractivity contribution < 1.29 is 19.1 Å². The van der Waals surface area contributed by atoms with Crippen LogP contribution in [-0.4, -0.2) is 36.1 Å². The first-order chi connectivity index (χ1) is 15.3. The summed E-state index contributed by atoms with van der Waals surface area (Å²) in [6, 6.07) is 11.3.